The van der Waals surface area contributed by atoms with E-state index in [4.69, 9.17) is 14.2 Å². The molecule has 4 aliphatic carbocycles. The van der Waals surface area contributed by atoms with Crippen molar-refractivity contribution in [3.05, 3.63) is 0 Å². The maximum Gasteiger partial charge on any atom is 0.312 e. The Bertz CT molecular complexity index is 725. The molecule has 0 aromatic rings. The van der Waals surface area contributed by atoms with Crippen LogP contribution in [0.15, 0.2) is 0 Å². The molecule has 7 heteroatoms. The number of carboxylic acid groups (broad SMARTS) is 1. The van der Waals surface area contributed by atoms with Crippen LogP contribution in [0, 0.1) is 34.5 Å². The van der Waals surface area contributed by atoms with Crippen LogP contribution in [-0.2, 0) is 23.8 Å². The highest BCUT2D eigenvalue weighted by Gasteiger charge is 2.52. The molecule has 0 aromatic heterocycles. The van der Waals surface area contributed by atoms with E-state index in [1.807, 2.05) is 0 Å². The van der Waals surface area contributed by atoms with Gasteiger partial charge in [0.1, 0.15) is 12.7 Å². The van der Waals surface area contributed by atoms with Crippen molar-refractivity contribution in [1.82, 2.24) is 0 Å². The summed E-state index contributed by atoms with van der Waals surface area (Å²) >= 11 is 0. The Balaban J connectivity index is 1.15. The topological polar surface area (TPSA) is 102 Å². The summed E-state index contributed by atoms with van der Waals surface area (Å²) < 4.78 is 17.9. The number of rotatable bonds is 6. The Labute approximate surface area is 190 Å². The van der Waals surface area contributed by atoms with Crippen molar-refractivity contribution in [2.45, 2.75) is 89.4 Å². The minimum absolute atomic E-state index is 0.0900. The maximum absolute atomic E-state index is 13.1. The van der Waals surface area contributed by atoms with Gasteiger partial charge in [0.25, 0.3) is 0 Å². The number of aliphatic hydroxyl groups excluding tert-OH is 1. The SMILES string of the molecule is O=C(O)C12CCCC(CC(C3OCC(COC(=O)C45CCCC(CC(CO)C4)C5)O3)C1)C2. The number of aliphatic carboxylic acids is 1. The zero-order valence-corrected chi connectivity index (χ0v) is 19.0. The average Bonchev–Trinajstić information content (AvgIpc) is 3.26. The molecule has 8 atom stereocenters. The molecular formula is C25H38O7. The fourth-order valence-corrected chi connectivity index (χ4v) is 7.89. The predicted octanol–water partition coefficient (Wildman–Crippen LogP) is 3.52. The van der Waals surface area contributed by atoms with Crippen molar-refractivity contribution < 1.29 is 34.0 Å². The first-order valence-corrected chi connectivity index (χ1v) is 12.7. The third kappa shape index (κ3) is 4.21. The van der Waals surface area contributed by atoms with E-state index in [1.165, 1.54) is 0 Å². The molecule has 4 bridgehead atoms. The zero-order chi connectivity index (χ0) is 22.3. The highest BCUT2D eigenvalue weighted by molar-refractivity contribution is 5.77. The van der Waals surface area contributed by atoms with E-state index in [1.54, 1.807) is 0 Å². The van der Waals surface area contributed by atoms with Crippen LogP contribution >= 0.6 is 0 Å². The van der Waals surface area contributed by atoms with Crippen LogP contribution < -0.4 is 0 Å². The monoisotopic (exact) mass is 450 g/mol. The Kier molecular flexibility index (Phi) is 6.27. The molecule has 180 valence electrons. The molecule has 4 saturated carbocycles. The summed E-state index contributed by atoms with van der Waals surface area (Å²) in [4.78, 5) is 25.1. The number of fused-ring (bicyclic) bond motifs is 4. The van der Waals surface area contributed by atoms with E-state index < -0.39 is 23.1 Å². The van der Waals surface area contributed by atoms with Gasteiger partial charge < -0.3 is 24.4 Å². The summed E-state index contributed by atoms with van der Waals surface area (Å²) in [7, 11) is 0. The largest absolute Gasteiger partial charge is 0.481 e. The van der Waals surface area contributed by atoms with Gasteiger partial charge in [-0.15, -0.1) is 0 Å². The van der Waals surface area contributed by atoms with Crippen molar-refractivity contribution >= 4 is 11.9 Å². The number of carboxylic acids is 1. The molecular weight excluding hydrogens is 412 g/mol. The summed E-state index contributed by atoms with van der Waals surface area (Å²) in [5, 5.41) is 19.6. The van der Waals surface area contributed by atoms with Crippen LogP contribution in [0.3, 0.4) is 0 Å². The second kappa shape index (κ2) is 8.88. The molecule has 8 unspecified atom stereocenters. The number of carbonyl (C=O) groups is 2. The lowest BCUT2D eigenvalue weighted by Crippen LogP contribution is -2.45. The smallest absolute Gasteiger partial charge is 0.312 e. The normalized spacial score (nSPS) is 45.9. The molecule has 1 saturated heterocycles. The second-order valence-electron chi connectivity index (χ2n) is 11.5. The summed E-state index contributed by atoms with van der Waals surface area (Å²) in [5.74, 6) is 0.437. The van der Waals surface area contributed by atoms with E-state index in [-0.39, 0.29) is 37.1 Å². The Morgan fingerprint density at radius 1 is 0.969 bits per heavy atom. The number of carbonyl (C=O) groups excluding carboxylic acids is 1. The third-order valence-electron chi connectivity index (χ3n) is 9.23. The quantitative estimate of drug-likeness (QED) is 0.597. The third-order valence-corrected chi connectivity index (χ3v) is 9.23. The van der Waals surface area contributed by atoms with Crippen LogP contribution in [0.25, 0.3) is 0 Å². The van der Waals surface area contributed by atoms with Crippen LogP contribution in [0.4, 0.5) is 0 Å². The second-order valence-corrected chi connectivity index (χ2v) is 11.5. The zero-order valence-electron chi connectivity index (χ0n) is 19.0. The van der Waals surface area contributed by atoms with Crippen LogP contribution in [0.5, 0.6) is 0 Å². The molecule has 0 radical (unpaired) electrons. The van der Waals surface area contributed by atoms with Gasteiger partial charge in [0.2, 0.25) is 0 Å². The van der Waals surface area contributed by atoms with Crippen LogP contribution in [-0.4, -0.2) is 54.4 Å². The molecule has 0 spiro atoms. The van der Waals surface area contributed by atoms with Gasteiger partial charge in [-0.2, -0.15) is 0 Å². The highest BCUT2D eigenvalue weighted by Crippen LogP contribution is 2.53. The standard InChI is InChI=1S/C25H38O7/c26-13-18-7-16-3-2-6-25(10-16,11-18)23(29)31-15-20-14-30-21(32-20)19-8-17-4-1-5-24(9-17,12-19)22(27)28/h16-21,26H,1-15H2,(H,27,28). The first-order valence-electron chi connectivity index (χ1n) is 12.7. The van der Waals surface area contributed by atoms with Gasteiger partial charge in [-0.25, -0.2) is 0 Å². The summed E-state index contributed by atoms with van der Waals surface area (Å²) in [6, 6.07) is 0. The summed E-state index contributed by atoms with van der Waals surface area (Å²) in [6.07, 6.45) is 10.2. The Morgan fingerprint density at radius 3 is 2.44 bits per heavy atom. The van der Waals surface area contributed by atoms with Crippen LogP contribution in [0.2, 0.25) is 0 Å². The molecule has 1 heterocycles. The number of ether oxygens (including phenoxy) is 3. The van der Waals surface area contributed by atoms with Gasteiger partial charge in [-0.05, 0) is 69.1 Å². The van der Waals surface area contributed by atoms with Gasteiger partial charge in [0, 0.05) is 12.5 Å². The predicted molar refractivity (Wildman–Crippen MR) is 115 cm³/mol. The van der Waals surface area contributed by atoms with Crippen molar-refractivity contribution in [2.75, 3.05) is 19.8 Å². The van der Waals surface area contributed by atoms with E-state index in [0.717, 1.165) is 70.6 Å². The van der Waals surface area contributed by atoms with Gasteiger partial charge in [-0.1, -0.05) is 25.7 Å². The van der Waals surface area contributed by atoms with Crippen molar-refractivity contribution in [2.24, 2.45) is 34.5 Å². The highest BCUT2D eigenvalue weighted by atomic mass is 16.7. The maximum atomic E-state index is 13.1. The Morgan fingerprint density at radius 2 is 1.69 bits per heavy atom. The van der Waals surface area contributed by atoms with Crippen LogP contribution in [0.1, 0.15) is 77.0 Å². The molecule has 0 amide bonds. The first kappa shape index (κ1) is 22.6. The van der Waals surface area contributed by atoms with Gasteiger partial charge in [0.15, 0.2) is 6.29 Å². The van der Waals surface area contributed by atoms with Crippen molar-refractivity contribution in [3.8, 4) is 0 Å². The number of hydrogen-bond donors (Lipinski definition) is 2. The molecule has 2 N–H and O–H groups in total. The molecule has 5 aliphatic rings. The summed E-state index contributed by atoms with van der Waals surface area (Å²) in [5.41, 5.74) is -1.06. The lowest BCUT2D eigenvalue weighted by atomic mass is 9.59. The number of hydrogen-bond acceptors (Lipinski definition) is 6. The lowest BCUT2D eigenvalue weighted by Gasteiger charge is -2.46. The molecule has 5 rings (SSSR count). The fourth-order valence-electron chi connectivity index (χ4n) is 7.89. The number of esters is 1. The minimum atomic E-state index is -0.672. The van der Waals surface area contributed by atoms with Gasteiger partial charge in [0.05, 0.1) is 17.4 Å². The minimum Gasteiger partial charge on any atom is -0.481 e. The van der Waals surface area contributed by atoms with E-state index >= 15 is 0 Å². The molecule has 32 heavy (non-hydrogen) atoms. The van der Waals surface area contributed by atoms with E-state index in [0.29, 0.717) is 24.9 Å². The van der Waals surface area contributed by atoms with E-state index in [2.05, 4.69) is 0 Å². The number of aliphatic hydroxyl groups is 1. The molecule has 1 aliphatic heterocycles. The molecule has 0 aromatic carbocycles. The van der Waals surface area contributed by atoms with Crippen molar-refractivity contribution in [3.63, 3.8) is 0 Å². The summed E-state index contributed by atoms with van der Waals surface area (Å²) in [6.45, 7) is 0.715. The van der Waals surface area contributed by atoms with E-state index in [9.17, 15) is 19.8 Å². The average molecular weight is 451 g/mol. The molecule has 5 fully saturated rings. The van der Waals surface area contributed by atoms with Gasteiger partial charge in [-0.3, -0.25) is 9.59 Å². The molecule has 7 nitrogen and oxygen atoms in total. The lowest BCUT2D eigenvalue weighted by molar-refractivity contribution is -0.174. The van der Waals surface area contributed by atoms with Gasteiger partial charge >= 0.3 is 11.9 Å². The first-order chi connectivity index (χ1) is 15.4. The fraction of sp³-hybridized carbons (Fsp3) is 0.920. The Hall–Kier alpha value is -1.18. The van der Waals surface area contributed by atoms with Crippen molar-refractivity contribution in [1.29, 1.82) is 0 Å².